The van der Waals surface area contributed by atoms with Gasteiger partial charge in [-0.2, -0.15) is 0 Å². The van der Waals surface area contributed by atoms with Crippen LogP contribution in [-0.4, -0.2) is 6.54 Å². The third kappa shape index (κ3) is 4.89. The highest BCUT2D eigenvalue weighted by molar-refractivity contribution is 9.10. The van der Waals surface area contributed by atoms with E-state index in [9.17, 15) is 0 Å². The summed E-state index contributed by atoms with van der Waals surface area (Å²) in [4.78, 5) is 0. The minimum absolute atomic E-state index is 0.353. The molecule has 3 heteroatoms. The Bertz CT molecular complexity index is 331. The highest BCUT2D eigenvalue weighted by Gasteiger charge is 2.09. The highest BCUT2D eigenvalue weighted by atomic mass is 79.9. The summed E-state index contributed by atoms with van der Waals surface area (Å²) in [5.41, 5.74) is 1.35. The summed E-state index contributed by atoms with van der Waals surface area (Å²) in [7, 11) is 0. The normalized spacial score (nSPS) is 11.5. The van der Waals surface area contributed by atoms with E-state index in [0.29, 0.717) is 5.41 Å². The fourth-order valence-corrected chi connectivity index (χ4v) is 1.75. The van der Waals surface area contributed by atoms with Crippen molar-refractivity contribution < 1.29 is 0 Å². The van der Waals surface area contributed by atoms with Gasteiger partial charge in [0.05, 0.1) is 10.7 Å². The molecule has 0 saturated carbocycles. The van der Waals surface area contributed by atoms with Crippen molar-refractivity contribution in [1.29, 1.82) is 0 Å². The van der Waals surface area contributed by atoms with Crippen LogP contribution in [0.15, 0.2) is 22.7 Å². The summed E-state index contributed by atoms with van der Waals surface area (Å²) >= 11 is 9.49. The van der Waals surface area contributed by atoms with Crippen molar-refractivity contribution in [1.82, 2.24) is 0 Å². The number of benzene rings is 1. The first-order chi connectivity index (χ1) is 6.88. The van der Waals surface area contributed by atoms with E-state index < -0.39 is 0 Å². The molecule has 0 aliphatic rings. The Morgan fingerprint density at radius 3 is 2.60 bits per heavy atom. The van der Waals surface area contributed by atoms with Crippen LogP contribution in [0.2, 0.25) is 5.02 Å². The van der Waals surface area contributed by atoms with E-state index in [1.54, 1.807) is 0 Å². The molecule has 0 fully saturated rings. The van der Waals surface area contributed by atoms with Gasteiger partial charge in [0.25, 0.3) is 0 Å². The van der Waals surface area contributed by atoms with Crippen molar-refractivity contribution in [2.75, 3.05) is 11.9 Å². The second kappa shape index (κ2) is 5.22. The van der Waals surface area contributed by atoms with Gasteiger partial charge >= 0.3 is 0 Å². The molecule has 0 saturated heterocycles. The average Bonchev–Trinajstić information content (AvgIpc) is 2.09. The van der Waals surface area contributed by atoms with Crippen LogP contribution in [0.3, 0.4) is 0 Å². The lowest BCUT2D eigenvalue weighted by molar-refractivity contribution is 0.390. The highest BCUT2D eigenvalue weighted by Crippen LogP contribution is 2.26. The quantitative estimate of drug-likeness (QED) is 0.830. The van der Waals surface area contributed by atoms with E-state index in [0.717, 1.165) is 28.1 Å². The largest absolute Gasteiger partial charge is 0.384 e. The molecule has 0 radical (unpaired) electrons. The third-order valence-electron chi connectivity index (χ3n) is 2.12. The Morgan fingerprint density at radius 2 is 2.00 bits per heavy atom. The fourth-order valence-electron chi connectivity index (χ4n) is 1.21. The predicted molar refractivity (Wildman–Crippen MR) is 71.7 cm³/mol. The lowest BCUT2D eigenvalue weighted by Gasteiger charge is -2.19. The van der Waals surface area contributed by atoms with Crippen LogP contribution in [0.5, 0.6) is 0 Å². The van der Waals surface area contributed by atoms with Gasteiger partial charge in [0.2, 0.25) is 0 Å². The topological polar surface area (TPSA) is 12.0 Å². The lowest BCUT2D eigenvalue weighted by atomic mass is 9.92. The molecule has 1 aromatic rings. The van der Waals surface area contributed by atoms with E-state index >= 15 is 0 Å². The van der Waals surface area contributed by atoms with E-state index in [-0.39, 0.29) is 0 Å². The molecule has 1 nitrogen and oxygen atoms in total. The Morgan fingerprint density at radius 1 is 1.33 bits per heavy atom. The number of hydrogen-bond acceptors (Lipinski definition) is 1. The van der Waals surface area contributed by atoms with Crippen LogP contribution in [0, 0.1) is 5.41 Å². The number of nitrogens with one attached hydrogen (secondary N) is 1. The summed E-state index contributed by atoms with van der Waals surface area (Å²) in [6.45, 7) is 7.64. The van der Waals surface area contributed by atoms with Gasteiger partial charge in [-0.25, -0.2) is 0 Å². The predicted octanol–water partition coefficient (Wildman–Crippen LogP) is 4.95. The second-order valence-electron chi connectivity index (χ2n) is 4.86. The molecule has 0 aliphatic heterocycles. The molecule has 0 aliphatic carbocycles. The Labute approximate surface area is 105 Å². The van der Waals surface area contributed by atoms with Crippen LogP contribution >= 0.6 is 27.5 Å². The number of rotatable bonds is 3. The first kappa shape index (κ1) is 12.9. The van der Waals surface area contributed by atoms with E-state index in [1.165, 1.54) is 0 Å². The lowest BCUT2D eigenvalue weighted by Crippen LogP contribution is -2.12. The smallest absolute Gasteiger partial charge is 0.0638 e. The van der Waals surface area contributed by atoms with Crippen molar-refractivity contribution in [2.24, 2.45) is 5.41 Å². The minimum Gasteiger partial charge on any atom is -0.384 e. The maximum atomic E-state index is 6.06. The maximum Gasteiger partial charge on any atom is 0.0638 e. The zero-order valence-corrected chi connectivity index (χ0v) is 11.7. The van der Waals surface area contributed by atoms with Gasteiger partial charge in [-0.05, 0) is 30.0 Å². The van der Waals surface area contributed by atoms with Crippen molar-refractivity contribution in [3.05, 3.63) is 27.7 Å². The van der Waals surface area contributed by atoms with Crippen LogP contribution in [0.25, 0.3) is 0 Å². The van der Waals surface area contributed by atoms with Gasteiger partial charge in [0.15, 0.2) is 0 Å². The van der Waals surface area contributed by atoms with E-state index in [2.05, 4.69) is 42.0 Å². The van der Waals surface area contributed by atoms with Gasteiger partial charge in [-0.1, -0.05) is 48.3 Å². The molecular formula is C12H17BrClN. The van der Waals surface area contributed by atoms with E-state index in [1.807, 2.05) is 18.2 Å². The van der Waals surface area contributed by atoms with Gasteiger partial charge in [-0.15, -0.1) is 0 Å². The average molecular weight is 291 g/mol. The fraction of sp³-hybridized carbons (Fsp3) is 0.500. The summed E-state index contributed by atoms with van der Waals surface area (Å²) in [5.74, 6) is 0. The molecule has 1 rings (SSSR count). The maximum absolute atomic E-state index is 6.06. The SMILES string of the molecule is CC(C)(C)CCNc1cc(Br)ccc1Cl. The minimum atomic E-state index is 0.353. The number of halogens is 2. The van der Waals surface area contributed by atoms with Gasteiger partial charge < -0.3 is 5.32 Å². The van der Waals surface area contributed by atoms with Crippen molar-refractivity contribution in [3.63, 3.8) is 0 Å². The standard InChI is InChI=1S/C12H17BrClN/c1-12(2,3)6-7-15-11-8-9(13)4-5-10(11)14/h4-5,8,15H,6-7H2,1-3H3. The van der Waals surface area contributed by atoms with Crippen molar-refractivity contribution in [2.45, 2.75) is 27.2 Å². The molecule has 0 heterocycles. The molecular weight excluding hydrogens is 273 g/mol. The first-order valence-electron chi connectivity index (χ1n) is 5.07. The third-order valence-corrected chi connectivity index (χ3v) is 2.94. The molecule has 84 valence electrons. The molecule has 0 bridgehead atoms. The molecule has 1 N–H and O–H groups in total. The van der Waals surface area contributed by atoms with Crippen molar-refractivity contribution >= 4 is 33.2 Å². The number of hydrogen-bond donors (Lipinski definition) is 1. The van der Waals surface area contributed by atoms with Crippen LogP contribution in [-0.2, 0) is 0 Å². The first-order valence-corrected chi connectivity index (χ1v) is 6.24. The van der Waals surface area contributed by atoms with Crippen LogP contribution in [0.4, 0.5) is 5.69 Å². The summed E-state index contributed by atoms with van der Waals surface area (Å²) < 4.78 is 1.05. The summed E-state index contributed by atoms with van der Waals surface area (Å²) in [5, 5.41) is 4.12. The zero-order valence-electron chi connectivity index (χ0n) is 9.40. The Balaban J connectivity index is 2.54. The van der Waals surface area contributed by atoms with Crippen LogP contribution in [0.1, 0.15) is 27.2 Å². The Kier molecular flexibility index (Phi) is 4.47. The molecule has 0 aromatic heterocycles. The molecule has 0 spiro atoms. The second-order valence-corrected chi connectivity index (χ2v) is 6.18. The monoisotopic (exact) mass is 289 g/mol. The number of anilines is 1. The zero-order chi connectivity index (χ0) is 11.5. The molecule has 0 atom stereocenters. The van der Waals surface area contributed by atoms with Gasteiger partial charge in [0, 0.05) is 11.0 Å². The summed E-state index contributed by atoms with van der Waals surface area (Å²) in [6.07, 6.45) is 1.12. The molecule has 15 heavy (non-hydrogen) atoms. The van der Waals surface area contributed by atoms with Crippen LogP contribution < -0.4 is 5.32 Å². The van der Waals surface area contributed by atoms with Gasteiger partial charge in [-0.3, -0.25) is 0 Å². The van der Waals surface area contributed by atoms with Gasteiger partial charge in [0.1, 0.15) is 0 Å². The Hall–Kier alpha value is -0.210. The molecule has 1 aromatic carbocycles. The van der Waals surface area contributed by atoms with Crippen molar-refractivity contribution in [3.8, 4) is 0 Å². The molecule has 0 amide bonds. The van der Waals surface area contributed by atoms with E-state index in [4.69, 9.17) is 11.6 Å². The summed E-state index contributed by atoms with van der Waals surface area (Å²) in [6, 6.07) is 5.84. The molecule has 0 unspecified atom stereocenters.